The SMILES string of the molecule is CN(CCN1CCOCC1)c1nccc2cc(Nc3[nH]nc4ncccc34)ccc12. The van der Waals surface area contributed by atoms with Gasteiger partial charge in [-0.15, -0.1) is 0 Å². The molecule has 8 heteroatoms. The molecule has 0 unspecified atom stereocenters. The molecule has 4 aromatic rings. The van der Waals surface area contributed by atoms with Gasteiger partial charge in [0.25, 0.3) is 0 Å². The minimum absolute atomic E-state index is 0.703. The van der Waals surface area contributed by atoms with Gasteiger partial charge in [-0.05, 0) is 41.8 Å². The van der Waals surface area contributed by atoms with E-state index in [-0.39, 0.29) is 0 Å². The number of hydrogen-bond donors (Lipinski definition) is 2. The van der Waals surface area contributed by atoms with Gasteiger partial charge in [0, 0.05) is 56.7 Å². The number of H-pyrrole nitrogens is 1. The number of ether oxygens (including phenoxy) is 1. The maximum Gasteiger partial charge on any atom is 0.183 e. The monoisotopic (exact) mass is 403 g/mol. The van der Waals surface area contributed by atoms with Crippen LogP contribution in [-0.2, 0) is 4.74 Å². The van der Waals surface area contributed by atoms with Crippen molar-refractivity contribution < 1.29 is 4.74 Å². The Morgan fingerprint density at radius 2 is 2.00 bits per heavy atom. The second-order valence-electron chi connectivity index (χ2n) is 7.54. The number of nitrogens with zero attached hydrogens (tertiary/aromatic N) is 5. The van der Waals surface area contributed by atoms with E-state index in [2.05, 4.69) is 60.5 Å². The molecule has 1 saturated heterocycles. The van der Waals surface area contributed by atoms with Crippen molar-refractivity contribution >= 4 is 39.1 Å². The van der Waals surface area contributed by atoms with E-state index in [9.17, 15) is 0 Å². The fraction of sp³-hybridized carbons (Fsp3) is 0.318. The first-order valence-electron chi connectivity index (χ1n) is 10.2. The minimum atomic E-state index is 0.703. The molecule has 0 radical (unpaired) electrons. The quantitative estimate of drug-likeness (QED) is 0.512. The highest BCUT2D eigenvalue weighted by Crippen LogP contribution is 2.29. The second kappa shape index (κ2) is 8.25. The topological polar surface area (TPSA) is 82.2 Å². The lowest BCUT2D eigenvalue weighted by Crippen LogP contribution is -2.40. The summed E-state index contributed by atoms with van der Waals surface area (Å²) >= 11 is 0. The smallest absolute Gasteiger partial charge is 0.183 e. The summed E-state index contributed by atoms with van der Waals surface area (Å²) in [5, 5.41) is 14.0. The number of benzene rings is 1. The molecule has 0 aliphatic carbocycles. The van der Waals surface area contributed by atoms with Crippen LogP contribution in [0.15, 0.2) is 48.8 Å². The Bertz CT molecular complexity index is 1150. The van der Waals surface area contributed by atoms with E-state index in [0.29, 0.717) is 5.65 Å². The van der Waals surface area contributed by atoms with Crippen LogP contribution in [-0.4, -0.2) is 71.5 Å². The standard InChI is InChI=1S/C22H25N7O/c1-28(9-10-29-11-13-30-14-12-29)22-18-5-4-17(15-16(18)6-8-24-22)25-21-19-3-2-7-23-20(19)26-27-21/h2-8,15H,9-14H2,1H3,(H2,23,25,26,27). The van der Waals surface area contributed by atoms with Crippen molar-refractivity contribution in [2.24, 2.45) is 0 Å². The van der Waals surface area contributed by atoms with Crippen LogP contribution in [0.2, 0.25) is 0 Å². The first-order valence-corrected chi connectivity index (χ1v) is 10.2. The van der Waals surface area contributed by atoms with Crippen LogP contribution < -0.4 is 10.2 Å². The average molecular weight is 403 g/mol. The van der Waals surface area contributed by atoms with Crippen molar-refractivity contribution in [2.45, 2.75) is 0 Å². The minimum Gasteiger partial charge on any atom is -0.379 e. The summed E-state index contributed by atoms with van der Waals surface area (Å²) in [6, 6.07) is 12.3. The van der Waals surface area contributed by atoms with E-state index in [1.807, 2.05) is 24.4 Å². The van der Waals surface area contributed by atoms with Gasteiger partial charge < -0.3 is 15.0 Å². The summed E-state index contributed by atoms with van der Waals surface area (Å²) in [4.78, 5) is 13.6. The third kappa shape index (κ3) is 3.79. The van der Waals surface area contributed by atoms with Gasteiger partial charge in [0.15, 0.2) is 5.65 Å². The van der Waals surface area contributed by atoms with Gasteiger partial charge in [-0.25, -0.2) is 9.97 Å². The lowest BCUT2D eigenvalue weighted by atomic mass is 10.1. The van der Waals surface area contributed by atoms with Crippen LogP contribution in [0, 0.1) is 0 Å². The Morgan fingerprint density at radius 3 is 2.90 bits per heavy atom. The molecule has 0 spiro atoms. The molecule has 2 N–H and O–H groups in total. The Hall–Kier alpha value is -3.23. The molecule has 0 atom stereocenters. The Balaban J connectivity index is 1.35. The highest BCUT2D eigenvalue weighted by atomic mass is 16.5. The number of rotatable bonds is 6. The Labute approximate surface area is 174 Å². The third-order valence-electron chi connectivity index (χ3n) is 5.56. The molecule has 154 valence electrons. The van der Waals surface area contributed by atoms with Crippen LogP contribution in [0.5, 0.6) is 0 Å². The van der Waals surface area contributed by atoms with Gasteiger partial charge in [0.1, 0.15) is 11.6 Å². The number of hydrogen-bond acceptors (Lipinski definition) is 7. The molecule has 5 rings (SSSR count). The van der Waals surface area contributed by atoms with Crippen LogP contribution >= 0.6 is 0 Å². The zero-order chi connectivity index (χ0) is 20.3. The molecule has 4 heterocycles. The predicted molar refractivity (Wildman–Crippen MR) is 119 cm³/mol. The van der Waals surface area contributed by atoms with E-state index in [1.165, 1.54) is 0 Å². The van der Waals surface area contributed by atoms with Crippen LogP contribution in [0.1, 0.15) is 0 Å². The van der Waals surface area contributed by atoms with Gasteiger partial charge >= 0.3 is 0 Å². The normalized spacial score (nSPS) is 15.0. The summed E-state index contributed by atoms with van der Waals surface area (Å²) in [5.41, 5.74) is 1.69. The van der Waals surface area contributed by atoms with Crippen molar-refractivity contribution in [3.63, 3.8) is 0 Å². The van der Waals surface area contributed by atoms with Crippen molar-refractivity contribution in [2.75, 3.05) is 56.7 Å². The van der Waals surface area contributed by atoms with Crippen molar-refractivity contribution in [3.05, 3.63) is 48.8 Å². The summed E-state index contributed by atoms with van der Waals surface area (Å²) in [6.45, 7) is 5.60. The van der Waals surface area contributed by atoms with Gasteiger partial charge in [0.05, 0.1) is 18.6 Å². The van der Waals surface area contributed by atoms with Crippen molar-refractivity contribution in [3.8, 4) is 0 Å². The van der Waals surface area contributed by atoms with E-state index >= 15 is 0 Å². The summed E-state index contributed by atoms with van der Waals surface area (Å²) in [7, 11) is 2.11. The fourth-order valence-electron chi connectivity index (χ4n) is 3.86. The first kappa shape index (κ1) is 18.8. The van der Waals surface area contributed by atoms with E-state index < -0.39 is 0 Å². The number of aromatic nitrogens is 4. The van der Waals surface area contributed by atoms with Gasteiger partial charge in [-0.1, -0.05) is 0 Å². The van der Waals surface area contributed by atoms with Gasteiger partial charge in [0.2, 0.25) is 0 Å². The summed E-state index contributed by atoms with van der Waals surface area (Å²) < 4.78 is 5.44. The van der Waals surface area contributed by atoms with E-state index in [0.717, 1.165) is 72.9 Å². The van der Waals surface area contributed by atoms with Crippen molar-refractivity contribution in [1.82, 2.24) is 25.1 Å². The molecule has 1 aliphatic rings. The highest BCUT2D eigenvalue weighted by molar-refractivity contribution is 5.95. The lowest BCUT2D eigenvalue weighted by Gasteiger charge is -2.29. The molecule has 30 heavy (non-hydrogen) atoms. The Kier molecular flexibility index (Phi) is 5.17. The molecule has 0 bridgehead atoms. The number of likely N-dealkylation sites (N-methyl/N-ethyl adjacent to an activating group) is 1. The molecule has 0 amide bonds. The summed E-state index contributed by atoms with van der Waals surface area (Å²) in [6.07, 6.45) is 3.62. The zero-order valence-electron chi connectivity index (χ0n) is 17.0. The molecule has 3 aromatic heterocycles. The summed E-state index contributed by atoms with van der Waals surface area (Å²) in [5.74, 6) is 1.85. The zero-order valence-corrected chi connectivity index (χ0v) is 17.0. The van der Waals surface area contributed by atoms with Crippen molar-refractivity contribution in [1.29, 1.82) is 0 Å². The number of nitrogens with one attached hydrogen (secondary N) is 2. The molecular formula is C22H25N7O. The second-order valence-corrected chi connectivity index (χ2v) is 7.54. The highest BCUT2D eigenvalue weighted by Gasteiger charge is 2.13. The van der Waals surface area contributed by atoms with Crippen LogP contribution in [0.3, 0.4) is 0 Å². The molecule has 8 nitrogen and oxygen atoms in total. The third-order valence-corrected chi connectivity index (χ3v) is 5.56. The van der Waals surface area contributed by atoms with Crippen LogP contribution in [0.25, 0.3) is 21.8 Å². The fourth-order valence-corrected chi connectivity index (χ4v) is 3.86. The van der Waals surface area contributed by atoms with Crippen LogP contribution in [0.4, 0.5) is 17.3 Å². The maximum absolute atomic E-state index is 5.44. The first-order chi connectivity index (χ1) is 14.8. The molecular weight excluding hydrogens is 378 g/mol. The molecule has 1 aliphatic heterocycles. The van der Waals surface area contributed by atoms with Gasteiger partial charge in [-0.2, -0.15) is 5.10 Å². The average Bonchev–Trinajstić information content (AvgIpc) is 3.20. The number of morpholine rings is 1. The van der Waals surface area contributed by atoms with E-state index in [1.54, 1.807) is 6.20 Å². The molecule has 1 fully saturated rings. The lowest BCUT2D eigenvalue weighted by molar-refractivity contribution is 0.0393. The van der Waals surface area contributed by atoms with E-state index in [4.69, 9.17) is 4.74 Å². The molecule has 1 aromatic carbocycles. The Morgan fingerprint density at radius 1 is 1.10 bits per heavy atom. The number of anilines is 3. The number of fused-ring (bicyclic) bond motifs is 2. The number of aromatic amines is 1. The predicted octanol–water partition coefficient (Wildman–Crippen LogP) is 3.02. The largest absolute Gasteiger partial charge is 0.379 e. The van der Waals surface area contributed by atoms with Gasteiger partial charge in [-0.3, -0.25) is 10.00 Å². The number of pyridine rings is 2. The molecule has 0 saturated carbocycles. The maximum atomic E-state index is 5.44.